The van der Waals surface area contributed by atoms with E-state index in [2.05, 4.69) is 5.32 Å². The summed E-state index contributed by atoms with van der Waals surface area (Å²) in [6.07, 6.45) is 1.24. The summed E-state index contributed by atoms with van der Waals surface area (Å²) in [5, 5.41) is 2.16. The number of nitrogens with one attached hydrogen (secondary N) is 1. The molecule has 1 fully saturated rings. The molecule has 1 aliphatic heterocycles. The second-order valence-electron chi connectivity index (χ2n) is 6.57. The van der Waals surface area contributed by atoms with Crippen LogP contribution in [0.3, 0.4) is 0 Å². The van der Waals surface area contributed by atoms with Crippen molar-refractivity contribution in [3.05, 3.63) is 77.8 Å². The lowest BCUT2D eigenvalue weighted by Crippen LogP contribution is -2.54. The molecule has 156 valence electrons. The third kappa shape index (κ3) is 3.95. The summed E-state index contributed by atoms with van der Waals surface area (Å²) < 4.78 is 24.6. The minimum absolute atomic E-state index is 0.199. The third-order valence-corrected chi connectivity index (χ3v) is 4.53. The molecule has 8 heteroatoms. The maximum atomic E-state index is 13.5. The Labute approximate surface area is 176 Å². The van der Waals surface area contributed by atoms with Crippen LogP contribution in [0, 0.1) is 5.82 Å². The first-order chi connectivity index (χ1) is 15.0. The van der Waals surface area contributed by atoms with E-state index in [-0.39, 0.29) is 17.0 Å². The fraction of sp³-hybridized carbons (Fsp3) is 0.0870. The zero-order valence-corrected chi connectivity index (χ0v) is 16.4. The SMILES string of the molecule is CCOc1ccccc1N1C(=O)NC(=O)/C(=C\c2ccc(-c3cccc(F)c3)o2)C1=O. The number of anilines is 1. The van der Waals surface area contributed by atoms with Gasteiger partial charge in [-0.05, 0) is 49.4 Å². The molecule has 0 bridgehead atoms. The van der Waals surface area contributed by atoms with Gasteiger partial charge in [0.2, 0.25) is 0 Å². The standard InChI is InChI=1S/C23H17FN2O5/c1-2-30-20-9-4-3-8-18(20)26-22(28)17(21(27)25-23(26)29)13-16-10-11-19(31-16)14-6-5-7-15(24)12-14/h3-13H,2H2,1H3,(H,25,27,29)/b17-13+. The van der Waals surface area contributed by atoms with Crippen LogP contribution in [0.25, 0.3) is 17.4 Å². The Balaban J connectivity index is 1.69. The van der Waals surface area contributed by atoms with Gasteiger partial charge in [0, 0.05) is 5.56 Å². The average molecular weight is 420 g/mol. The van der Waals surface area contributed by atoms with Crippen LogP contribution in [0.2, 0.25) is 0 Å². The van der Waals surface area contributed by atoms with E-state index in [1.165, 1.54) is 18.2 Å². The van der Waals surface area contributed by atoms with E-state index in [0.29, 0.717) is 23.7 Å². The molecule has 1 N–H and O–H groups in total. The molecule has 0 aliphatic carbocycles. The molecule has 1 aliphatic rings. The number of ether oxygens (including phenoxy) is 1. The second kappa shape index (κ2) is 8.27. The Morgan fingerprint density at radius 1 is 1.06 bits per heavy atom. The van der Waals surface area contributed by atoms with Gasteiger partial charge in [0.1, 0.15) is 28.7 Å². The van der Waals surface area contributed by atoms with Crippen LogP contribution >= 0.6 is 0 Å². The zero-order chi connectivity index (χ0) is 22.0. The number of imide groups is 2. The molecule has 1 aromatic heterocycles. The van der Waals surface area contributed by atoms with Gasteiger partial charge in [-0.1, -0.05) is 24.3 Å². The molecule has 7 nitrogen and oxygen atoms in total. The normalized spacial score (nSPS) is 15.4. The maximum Gasteiger partial charge on any atom is 0.336 e. The lowest BCUT2D eigenvalue weighted by atomic mass is 10.1. The monoisotopic (exact) mass is 420 g/mol. The molecule has 0 radical (unpaired) electrons. The van der Waals surface area contributed by atoms with Crippen molar-refractivity contribution in [3.8, 4) is 17.1 Å². The van der Waals surface area contributed by atoms with Crippen molar-refractivity contribution >= 4 is 29.6 Å². The molecule has 3 aromatic rings. The lowest BCUT2D eigenvalue weighted by Gasteiger charge is -2.27. The highest BCUT2D eigenvalue weighted by molar-refractivity contribution is 6.39. The van der Waals surface area contributed by atoms with Crippen LogP contribution in [0.1, 0.15) is 12.7 Å². The minimum Gasteiger partial charge on any atom is -0.492 e. The van der Waals surface area contributed by atoms with Crippen molar-refractivity contribution in [2.45, 2.75) is 6.92 Å². The molecule has 2 aromatic carbocycles. The van der Waals surface area contributed by atoms with Gasteiger partial charge in [-0.3, -0.25) is 14.9 Å². The van der Waals surface area contributed by atoms with E-state index in [9.17, 15) is 18.8 Å². The number of rotatable bonds is 5. The van der Waals surface area contributed by atoms with Crippen molar-refractivity contribution < 1.29 is 27.9 Å². The molecule has 4 amide bonds. The fourth-order valence-electron chi connectivity index (χ4n) is 3.17. The van der Waals surface area contributed by atoms with Gasteiger partial charge in [0.05, 0.1) is 12.3 Å². The number of carbonyl (C=O) groups is 3. The van der Waals surface area contributed by atoms with Gasteiger partial charge < -0.3 is 9.15 Å². The Morgan fingerprint density at radius 2 is 1.87 bits per heavy atom. The van der Waals surface area contributed by atoms with Crippen molar-refractivity contribution in [3.63, 3.8) is 0 Å². The largest absolute Gasteiger partial charge is 0.492 e. The van der Waals surface area contributed by atoms with Gasteiger partial charge in [-0.2, -0.15) is 0 Å². The number of barbiturate groups is 1. The highest BCUT2D eigenvalue weighted by Crippen LogP contribution is 2.31. The molecule has 0 unspecified atom stereocenters. The molecule has 0 atom stereocenters. The average Bonchev–Trinajstić information content (AvgIpc) is 3.21. The Hall–Kier alpha value is -4.20. The van der Waals surface area contributed by atoms with Crippen LogP contribution in [-0.4, -0.2) is 24.5 Å². The smallest absolute Gasteiger partial charge is 0.336 e. The number of furan rings is 1. The first-order valence-corrected chi connectivity index (χ1v) is 9.47. The summed E-state index contributed by atoms with van der Waals surface area (Å²) in [7, 11) is 0. The number of nitrogens with zero attached hydrogens (tertiary/aromatic N) is 1. The van der Waals surface area contributed by atoms with E-state index in [1.54, 1.807) is 55.5 Å². The van der Waals surface area contributed by atoms with Crippen LogP contribution in [0.15, 0.2) is 70.7 Å². The molecular weight excluding hydrogens is 403 g/mol. The highest BCUT2D eigenvalue weighted by Gasteiger charge is 2.38. The molecule has 31 heavy (non-hydrogen) atoms. The number of halogens is 1. The van der Waals surface area contributed by atoms with Gasteiger partial charge in [0.25, 0.3) is 11.8 Å². The van der Waals surface area contributed by atoms with E-state index in [1.807, 2.05) is 0 Å². The van der Waals surface area contributed by atoms with Gasteiger partial charge >= 0.3 is 6.03 Å². The van der Waals surface area contributed by atoms with Crippen LogP contribution in [0.4, 0.5) is 14.9 Å². The molecule has 0 spiro atoms. The number of benzene rings is 2. The number of urea groups is 1. The Bertz CT molecular complexity index is 1210. The molecule has 2 heterocycles. The van der Waals surface area contributed by atoms with Crippen LogP contribution < -0.4 is 15.0 Å². The number of carbonyl (C=O) groups excluding carboxylic acids is 3. The maximum absolute atomic E-state index is 13.5. The van der Waals surface area contributed by atoms with E-state index < -0.39 is 23.7 Å². The minimum atomic E-state index is -0.876. The van der Waals surface area contributed by atoms with E-state index >= 15 is 0 Å². The zero-order valence-electron chi connectivity index (χ0n) is 16.4. The fourth-order valence-corrected chi connectivity index (χ4v) is 3.17. The number of amides is 4. The van der Waals surface area contributed by atoms with Gasteiger partial charge in [-0.25, -0.2) is 14.1 Å². The molecule has 0 saturated carbocycles. The van der Waals surface area contributed by atoms with Crippen LogP contribution in [-0.2, 0) is 9.59 Å². The third-order valence-electron chi connectivity index (χ3n) is 4.53. The summed E-state index contributed by atoms with van der Waals surface area (Å²) >= 11 is 0. The topological polar surface area (TPSA) is 88.8 Å². The van der Waals surface area contributed by atoms with E-state index in [0.717, 1.165) is 4.90 Å². The van der Waals surface area contributed by atoms with Crippen LogP contribution in [0.5, 0.6) is 5.75 Å². The summed E-state index contributed by atoms with van der Waals surface area (Å²) in [5.74, 6) is -1.19. The lowest BCUT2D eigenvalue weighted by molar-refractivity contribution is -0.122. The number of hydrogen-bond donors (Lipinski definition) is 1. The highest BCUT2D eigenvalue weighted by atomic mass is 19.1. The summed E-state index contributed by atoms with van der Waals surface area (Å²) in [5.41, 5.74) is 0.433. The summed E-state index contributed by atoms with van der Waals surface area (Å²) in [6, 6.07) is 14.6. The quantitative estimate of drug-likeness (QED) is 0.495. The summed E-state index contributed by atoms with van der Waals surface area (Å²) in [6.45, 7) is 2.11. The van der Waals surface area contributed by atoms with Crippen molar-refractivity contribution in [2.75, 3.05) is 11.5 Å². The van der Waals surface area contributed by atoms with Crippen molar-refractivity contribution in [1.82, 2.24) is 5.32 Å². The second-order valence-corrected chi connectivity index (χ2v) is 6.57. The van der Waals surface area contributed by atoms with Gasteiger partial charge in [0.15, 0.2) is 0 Å². The Kier molecular flexibility index (Phi) is 5.36. The Morgan fingerprint density at radius 3 is 2.65 bits per heavy atom. The molecule has 4 rings (SSSR count). The first-order valence-electron chi connectivity index (χ1n) is 9.47. The van der Waals surface area contributed by atoms with Crippen molar-refractivity contribution in [2.24, 2.45) is 0 Å². The predicted octanol–water partition coefficient (Wildman–Crippen LogP) is 4.15. The van der Waals surface area contributed by atoms with Crippen molar-refractivity contribution in [1.29, 1.82) is 0 Å². The number of para-hydroxylation sites is 2. The number of hydrogen-bond acceptors (Lipinski definition) is 5. The first kappa shape index (κ1) is 20.1. The van der Waals surface area contributed by atoms with E-state index in [4.69, 9.17) is 9.15 Å². The van der Waals surface area contributed by atoms with Gasteiger partial charge in [-0.15, -0.1) is 0 Å². The summed E-state index contributed by atoms with van der Waals surface area (Å²) in [4.78, 5) is 38.7. The predicted molar refractivity (Wildman–Crippen MR) is 111 cm³/mol. The molecular formula is C23H17FN2O5. The molecule has 1 saturated heterocycles.